The number of aliphatic hydroxyl groups excluding tert-OH is 1. The van der Waals surface area contributed by atoms with Gasteiger partial charge in [0.2, 0.25) is 0 Å². The molecule has 0 aromatic rings. The van der Waals surface area contributed by atoms with E-state index in [1.54, 1.807) is 27.7 Å². The van der Waals surface area contributed by atoms with Crippen LogP contribution in [0.4, 0.5) is 0 Å². The molecule has 0 amide bonds. The third-order valence-electron chi connectivity index (χ3n) is 5.58. The molecular formula is C28H53N5O11P2V2. The standard InChI is InChI=1S/C14H26N3O4P.C11H19N2O6P.C3H8O.2V/c1-11(2)17(12(3)4)22(20-8-5-7-15)21-13-6-9-18-14(13)10-19-16;1-9(2)18-20(14,17-6-3-5-12)19-10-4-7-15-11(10)8-16-13;1-3(2)4;;/h11-14H,5-6,8-10H2,1-4H3;9-11H,3-4,6-8H2,1-2H3;3-4H,1-2H3;;/i9T;7T;;;. The van der Waals surface area contributed by atoms with Crippen molar-refractivity contribution in [2.75, 3.05) is 39.6 Å². The molecule has 2 rings (SSSR count). The van der Waals surface area contributed by atoms with Crippen LogP contribution in [0.1, 0.15) is 83.8 Å². The second-order valence-electron chi connectivity index (χ2n) is 11.2. The van der Waals surface area contributed by atoms with Gasteiger partial charge in [-0.3, -0.25) is 0 Å². The number of phosphoric ester groups is 1. The molecule has 8 atom stereocenters. The molecule has 0 aliphatic carbocycles. The van der Waals surface area contributed by atoms with Crippen LogP contribution in [-0.2, 0) is 80.8 Å². The Labute approximate surface area is 308 Å². The summed E-state index contributed by atoms with van der Waals surface area (Å²) < 4.78 is 76.0. The molecule has 276 valence electrons. The third-order valence-corrected chi connectivity index (χ3v) is 9.80. The van der Waals surface area contributed by atoms with Crippen molar-refractivity contribution in [3.63, 3.8) is 0 Å². The van der Waals surface area contributed by atoms with Crippen molar-refractivity contribution in [3.8, 4) is 12.1 Å². The second kappa shape index (κ2) is 28.5. The van der Waals surface area contributed by atoms with Crippen LogP contribution in [-0.4, -0.2) is 98.1 Å². The Morgan fingerprint density at radius 2 is 1.42 bits per heavy atom. The van der Waals surface area contributed by atoms with E-state index < -0.39 is 41.7 Å². The number of hydrogen-bond donors (Lipinski definition) is 1. The Morgan fingerprint density at radius 1 is 0.938 bits per heavy atom. The minimum atomic E-state index is -3.85. The predicted molar refractivity (Wildman–Crippen MR) is 168 cm³/mol. The Morgan fingerprint density at radius 3 is 1.88 bits per heavy atom. The van der Waals surface area contributed by atoms with E-state index in [4.69, 9.17) is 60.1 Å². The first-order valence-electron chi connectivity index (χ1n) is 16.7. The number of phosphoric acid groups is 1. The fourth-order valence-electron chi connectivity index (χ4n) is 3.88. The van der Waals surface area contributed by atoms with Crippen molar-refractivity contribution in [2.24, 2.45) is 7.91 Å². The van der Waals surface area contributed by atoms with E-state index in [9.17, 15) is 4.57 Å². The molecule has 16 nitrogen and oxygen atoms in total. The minimum absolute atomic E-state index is 0.0642. The quantitative estimate of drug-likeness (QED) is 0.0834. The zero-order chi connectivity index (χ0) is 38.3. The molecule has 2 fully saturated rings. The SMILES string of the molecule is CC(C)O.[3H]C1CC(OP(=O)(OCCC#N)OC(C)C)C(CO[N]=[V])O1.[3H]C1CC(OP(OCCC#N)N(C(C)C)C(C)C)C(CO[N]=[V])O1. The molecule has 0 aromatic carbocycles. The van der Waals surface area contributed by atoms with Crippen LogP contribution in [0.3, 0.4) is 0 Å². The molecular weight excluding hydrogens is 746 g/mol. The van der Waals surface area contributed by atoms with Crippen LogP contribution in [0.2, 0.25) is 0 Å². The van der Waals surface area contributed by atoms with Crippen molar-refractivity contribution < 1.29 is 88.7 Å². The Bertz CT molecular complexity index is 1070. The average Bonchev–Trinajstić information content (AvgIpc) is 3.53. The van der Waals surface area contributed by atoms with E-state index in [0.717, 1.165) is 0 Å². The maximum atomic E-state index is 12.6. The maximum absolute atomic E-state index is 12.6. The van der Waals surface area contributed by atoms with Gasteiger partial charge in [0.1, 0.15) is 0 Å². The van der Waals surface area contributed by atoms with Crippen molar-refractivity contribution in [2.45, 2.75) is 130 Å². The molecule has 0 saturated carbocycles. The summed E-state index contributed by atoms with van der Waals surface area (Å²) in [6, 6.07) is 4.42. The number of rotatable bonds is 21. The Kier molecular flexibility index (Phi) is 26.2. The summed E-state index contributed by atoms with van der Waals surface area (Å²) in [6.07, 6.45) is -1.44. The van der Waals surface area contributed by atoms with Crippen LogP contribution >= 0.6 is 16.3 Å². The second-order valence-corrected chi connectivity index (χ2v) is 14.7. The van der Waals surface area contributed by atoms with Crippen molar-refractivity contribution in [1.82, 2.24) is 4.67 Å². The molecule has 48 heavy (non-hydrogen) atoms. The van der Waals surface area contributed by atoms with Gasteiger partial charge in [0.05, 0.1) is 0 Å². The first-order valence-corrected chi connectivity index (χ1v) is 19.4. The van der Waals surface area contributed by atoms with Gasteiger partial charge in [-0.15, -0.1) is 0 Å². The normalized spacial score (nSPS) is 26.0. The van der Waals surface area contributed by atoms with Crippen molar-refractivity contribution in [1.29, 1.82) is 10.5 Å². The molecule has 2 aliphatic rings. The summed E-state index contributed by atoms with van der Waals surface area (Å²) in [6.45, 7) is 14.3. The van der Waals surface area contributed by atoms with Crippen LogP contribution in [0.5, 0.6) is 0 Å². The van der Waals surface area contributed by atoms with Gasteiger partial charge in [-0.05, 0) is 13.8 Å². The first kappa shape index (κ1) is 44.1. The summed E-state index contributed by atoms with van der Waals surface area (Å²) >= 11 is 3.89. The molecule has 2 saturated heterocycles. The Hall–Kier alpha value is -0.0312. The summed E-state index contributed by atoms with van der Waals surface area (Å²) in [5.74, 6) is 0. The van der Waals surface area contributed by atoms with Crippen LogP contribution in [0.25, 0.3) is 0 Å². The summed E-state index contributed by atoms with van der Waals surface area (Å²) in [5.41, 5.74) is 0. The van der Waals surface area contributed by atoms with Gasteiger partial charge in [0.15, 0.2) is 0 Å². The fourth-order valence-corrected chi connectivity index (χ4v) is 7.40. The van der Waals surface area contributed by atoms with Crippen LogP contribution < -0.4 is 0 Å². The summed E-state index contributed by atoms with van der Waals surface area (Å²) in [4.78, 5) is 9.93. The number of aliphatic hydroxyl groups is 1. The zero-order valence-electron chi connectivity index (χ0n) is 31.0. The molecule has 2 aliphatic heterocycles. The number of nitrogens with zero attached hydrogens (tertiary/aromatic N) is 5. The Balaban J connectivity index is 0.000000869. The van der Waals surface area contributed by atoms with Crippen LogP contribution in [0.15, 0.2) is 7.91 Å². The zero-order valence-corrected chi connectivity index (χ0v) is 33.6. The molecule has 0 aromatic heterocycles. The molecule has 1 N–H and O–H groups in total. The van der Waals surface area contributed by atoms with Gasteiger partial charge < -0.3 is 5.11 Å². The topological polar surface area (TPSA) is 196 Å². The molecule has 0 radical (unpaired) electrons. The van der Waals surface area contributed by atoms with Crippen molar-refractivity contribution >= 4 is 16.3 Å². The number of hydrogen-bond acceptors (Lipinski definition) is 16. The van der Waals surface area contributed by atoms with E-state index in [2.05, 4.69) is 46.3 Å². The van der Waals surface area contributed by atoms with E-state index in [-0.39, 0.29) is 69.2 Å². The predicted octanol–water partition coefficient (Wildman–Crippen LogP) is 5.77. The summed E-state index contributed by atoms with van der Waals surface area (Å²) in [5, 5.41) is 25.3. The van der Waals surface area contributed by atoms with Gasteiger partial charge >= 0.3 is 285 Å². The molecule has 0 spiro atoms. The fraction of sp³-hybridized carbons (Fsp3) is 0.929. The van der Waals surface area contributed by atoms with E-state index in [0.29, 0.717) is 19.4 Å². The first-order chi connectivity index (χ1) is 23.5. The molecule has 8 unspecified atom stereocenters. The van der Waals surface area contributed by atoms with Crippen LogP contribution in [0, 0.1) is 22.7 Å². The van der Waals surface area contributed by atoms with E-state index in [1.807, 2.05) is 40.5 Å². The van der Waals surface area contributed by atoms with Gasteiger partial charge in [-0.25, -0.2) is 0 Å². The third kappa shape index (κ3) is 22.0. The molecule has 2 heterocycles. The summed E-state index contributed by atoms with van der Waals surface area (Å²) in [7, 11) is -5.21. The van der Waals surface area contributed by atoms with Gasteiger partial charge in [-0.1, -0.05) is 0 Å². The van der Waals surface area contributed by atoms with Gasteiger partial charge in [-0.2, -0.15) is 0 Å². The molecule has 0 bridgehead atoms. The molecule has 20 heteroatoms. The number of ether oxygens (including phenoxy) is 2. The van der Waals surface area contributed by atoms with Gasteiger partial charge in [0.25, 0.3) is 0 Å². The average molecular weight is 804 g/mol. The monoisotopic (exact) mass is 803 g/mol. The van der Waals surface area contributed by atoms with Gasteiger partial charge in [0, 0.05) is 6.10 Å². The van der Waals surface area contributed by atoms with E-state index in [1.165, 1.54) is 0 Å². The number of nitriles is 2. The van der Waals surface area contributed by atoms with Crippen molar-refractivity contribution in [3.05, 3.63) is 0 Å². The van der Waals surface area contributed by atoms with E-state index >= 15 is 0 Å².